The van der Waals surface area contributed by atoms with E-state index in [-0.39, 0.29) is 23.7 Å². The summed E-state index contributed by atoms with van der Waals surface area (Å²) in [6.07, 6.45) is 4.85. The molecule has 2 fully saturated rings. The Hall–Kier alpha value is -1.84. The maximum Gasteiger partial charge on any atom is 0.233 e. The number of rotatable bonds is 3. The van der Waals surface area contributed by atoms with Crippen LogP contribution in [0.2, 0.25) is 0 Å². The second-order valence-corrected chi connectivity index (χ2v) is 6.78. The Morgan fingerprint density at radius 3 is 2.45 bits per heavy atom. The molecule has 0 aromatic heterocycles. The van der Waals surface area contributed by atoms with Gasteiger partial charge in [-0.15, -0.1) is 0 Å². The zero-order chi connectivity index (χ0) is 15.1. The van der Waals surface area contributed by atoms with Gasteiger partial charge in [0.05, 0.1) is 11.8 Å². The lowest BCUT2D eigenvalue weighted by Crippen LogP contribution is -2.33. The van der Waals surface area contributed by atoms with Gasteiger partial charge in [0.25, 0.3) is 0 Å². The van der Waals surface area contributed by atoms with E-state index in [0.717, 1.165) is 38.6 Å². The summed E-state index contributed by atoms with van der Waals surface area (Å²) in [6, 6.07) is 8.33. The molecule has 2 aliphatic heterocycles. The molecule has 0 bridgehead atoms. The van der Waals surface area contributed by atoms with Gasteiger partial charge in [0.1, 0.15) is 0 Å². The summed E-state index contributed by atoms with van der Waals surface area (Å²) in [4.78, 5) is 26.5. The number of benzene rings is 1. The molecule has 1 saturated carbocycles. The van der Waals surface area contributed by atoms with Crippen molar-refractivity contribution in [3.63, 3.8) is 0 Å². The molecule has 22 heavy (non-hydrogen) atoms. The standard InChI is InChI=1S/C18H22N2O2/c21-17-14-6-1-2-7-15(14)18(22)20(17)10-9-12-11-19-16-8-4-3-5-13(12)16/h3-5,8,12,14-15,19H,1-2,6-7,9-11H2. The molecule has 116 valence electrons. The molecule has 4 heteroatoms. The number of anilines is 1. The molecule has 4 rings (SSSR count). The van der Waals surface area contributed by atoms with Crippen molar-refractivity contribution in [2.75, 3.05) is 18.4 Å². The van der Waals surface area contributed by atoms with Crippen LogP contribution in [0.25, 0.3) is 0 Å². The number of nitrogens with zero attached hydrogens (tertiary/aromatic N) is 1. The summed E-state index contributed by atoms with van der Waals surface area (Å²) in [6.45, 7) is 1.48. The number of imide groups is 1. The first-order valence-corrected chi connectivity index (χ1v) is 8.43. The van der Waals surface area contributed by atoms with Crippen molar-refractivity contribution < 1.29 is 9.59 Å². The largest absolute Gasteiger partial charge is 0.384 e. The lowest BCUT2D eigenvalue weighted by atomic mass is 9.81. The SMILES string of the molecule is O=C1C2CCCCC2C(=O)N1CCC1CNc2ccccc21. The normalized spacial score (nSPS) is 30.2. The van der Waals surface area contributed by atoms with E-state index in [1.807, 2.05) is 6.07 Å². The maximum atomic E-state index is 12.5. The Labute approximate surface area is 130 Å². The highest BCUT2D eigenvalue weighted by Crippen LogP contribution is 2.39. The van der Waals surface area contributed by atoms with E-state index in [0.29, 0.717) is 12.5 Å². The summed E-state index contributed by atoms with van der Waals surface area (Å²) in [7, 11) is 0. The molecular formula is C18H22N2O2. The Morgan fingerprint density at radius 1 is 1.05 bits per heavy atom. The monoisotopic (exact) mass is 298 g/mol. The Morgan fingerprint density at radius 2 is 1.73 bits per heavy atom. The van der Waals surface area contributed by atoms with Gasteiger partial charge in [-0.05, 0) is 30.9 Å². The Bertz CT molecular complexity index is 589. The van der Waals surface area contributed by atoms with Gasteiger partial charge in [0.2, 0.25) is 11.8 Å². The van der Waals surface area contributed by atoms with Gasteiger partial charge in [0.15, 0.2) is 0 Å². The van der Waals surface area contributed by atoms with Crippen molar-refractivity contribution in [3.05, 3.63) is 29.8 Å². The summed E-state index contributed by atoms with van der Waals surface area (Å²) in [5, 5.41) is 3.41. The lowest BCUT2D eigenvalue weighted by molar-refractivity contribution is -0.140. The molecule has 1 aliphatic carbocycles. The van der Waals surface area contributed by atoms with E-state index >= 15 is 0 Å². The molecule has 3 unspecified atom stereocenters. The number of hydrogen-bond donors (Lipinski definition) is 1. The number of fused-ring (bicyclic) bond motifs is 2. The van der Waals surface area contributed by atoms with Gasteiger partial charge in [-0.1, -0.05) is 31.0 Å². The Kier molecular flexibility index (Phi) is 3.40. The molecule has 1 N–H and O–H groups in total. The van der Waals surface area contributed by atoms with Gasteiger partial charge < -0.3 is 5.32 Å². The van der Waals surface area contributed by atoms with Crippen molar-refractivity contribution in [1.29, 1.82) is 0 Å². The minimum atomic E-state index is -0.0183. The van der Waals surface area contributed by atoms with Gasteiger partial charge in [0, 0.05) is 24.7 Å². The summed E-state index contributed by atoms with van der Waals surface area (Å²) in [5.41, 5.74) is 2.51. The van der Waals surface area contributed by atoms with Crippen LogP contribution < -0.4 is 5.32 Å². The van der Waals surface area contributed by atoms with E-state index in [4.69, 9.17) is 0 Å². The van der Waals surface area contributed by atoms with E-state index in [1.54, 1.807) is 4.90 Å². The Balaban J connectivity index is 1.44. The van der Waals surface area contributed by atoms with E-state index in [9.17, 15) is 9.59 Å². The first kappa shape index (κ1) is 13.8. The van der Waals surface area contributed by atoms with Gasteiger partial charge in [-0.2, -0.15) is 0 Å². The van der Waals surface area contributed by atoms with Crippen LogP contribution in [-0.4, -0.2) is 29.8 Å². The molecule has 3 aliphatic rings. The predicted octanol–water partition coefficient (Wildman–Crippen LogP) is 2.76. The minimum absolute atomic E-state index is 0.0183. The highest BCUT2D eigenvalue weighted by Gasteiger charge is 2.47. The number of hydrogen-bond acceptors (Lipinski definition) is 3. The molecular weight excluding hydrogens is 276 g/mol. The number of likely N-dealkylation sites (tertiary alicyclic amines) is 1. The molecule has 1 aromatic rings. The quantitative estimate of drug-likeness (QED) is 0.873. The zero-order valence-electron chi connectivity index (χ0n) is 12.8. The molecule has 3 atom stereocenters. The first-order chi connectivity index (χ1) is 10.8. The van der Waals surface area contributed by atoms with Gasteiger partial charge in [-0.3, -0.25) is 14.5 Å². The molecule has 2 amide bonds. The number of amides is 2. The summed E-state index contributed by atoms with van der Waals surface area (Å²) < 4.78 is 0. The maximum absolute atomic E-state index is 12.5. The van der Waals surface area contributed by atoms with Crippen molar-refractivity contribution in [1.82, 2.24) is 4.90 Å². The predicted molar refractivity (Wildman–Crippen MR) is 84.5 cm³/mol. The third-order valence-electron chi connectivity index (χ3n) is 5.57. The van der Waals surface area contributed by atoms with Crippen molar-refractivity contribution in [2.45, 2.75) is 38.0 Å². The van der Waals surface area contributed by atoms with Crippen LogP contribution in [-0.2, 0) is 9.59 Å². The number of nitrogens with one attached hydrogen (secondary N) is 1. The average Bonchev–Trinajstić information content (AvgIpc) is 3.07. The fraction of sp³-hybridized carbons (Fsp3) is 0.556. The van der Waals surface area contributed by atoms with Crippen LogP contribution in [0.5, 0.6) is 0 Å². The fourth-order valence-corrected chi connectivity index (χ4v) is 4.35. The van der Waals surface area contributed by atoms with Gasteiger partial charge in [-0.25, -0.2) is 0 Å². The molecule has 2 heterocycles. The molecule has 0 spiro atoms. The third kappa shape index (κ3) is 2.13. The second-order valence-electron chi connectivity index (χ2n) is 6.78. The smallest absolute Gasteiger partial charge is 0.233 e. The number of para-hydroxylation sites is 1. The third-order valence-corrected chi connectivity index (χ3v) is 5.57. The van der Waals surface area contributed by atoms with Gasteiger partial charge >= 0.3 is 0 Å². The second kappa shape index (κ2) is 5.41. The molecule has 4 nitrogen and oxygen atoms in total. The summed E-state index contributed by atoms with van der Waals surface area (Å²) in [5.74, 6) is 0.549. The van der Waals surface area contributed by atoms with E-state index in [1.165, 1.54) is 11.3 Å². The molecule has 0 radical (unpaired) electrons. The van der Waals surface area contributed by atoms with E-state index in [2.05, 4.69) is 23.5 Å². The van der Waals surface area contributed by atoms with Crippen LogP contribution in [0.3, 0.4) is 0 Å². The number of carbonyl (C=O) groups is 2. The highest BCUT2D eigenvalue weighted by molar-refractivity contribution is 6.05. The topological polar surface area (TPSA) is 49.4 Å². The molecule has 1 saturated heterocycles. The van der Waals surface area contributed by atoms with Crippen LogP contribution in [0, 0.1) is 11.8 Å². The van der Waals surface area contributed by atoms with Crippen molar-refractivity contribution in [2.24, 2.45) is 11.8 Å². The van der Waals surface area contributed by atoms with Crippen LogP contribution in [0.1, 0.15) is 43.6 Å². The first-order valence-electron chi connectivity index (χ1n) is 8.43. The molecule has 1 aromatic carbocycles. The average molecular weight is 298 g/mol. The van der Waals surface area contributed by atoms with E-state index < -0.39 is 0 Å². The fourth-order valence-electron chi connectivity index (χ4n) is 4.35. The van der Waals surface area contributed by atoms with Crippen molar-refractivity contribution in [3.8, 4) is 0 Å². The minimum Gasteiger partial charge on any atom is -0.384 e. The van der Waals surface area contributed by atoms with Crippen LogP contribution in [0.15, 0.2) is 24.3 Å². The van der Waals surface area contributed by atoms with Crippen LogP contribution >= 0.6 is 0 Å². The number of carbonyl (C=O) groups excluding carboxylic acids is 2. The lowest BCUT2D eigenvalue weighted by Gasteiger charge is -2.19. The van der Waals surface area contributed by atoms with Crippen LogP contribution in [0.4, 0.5) is 5.69 Å². The zero-order valence-corrected chi connectivity index (χ0v) is 12.8. The summed E-state index contributed by atoms with van der Waals surface area (Å²) >= 11 is 0. The highest BCUT2D eigenvalue weighted by atomic mass is 16.2. The van der Waals surface area contributed by atoms with Crippen molar-refractivity contribution >= 4 is 17.5 Å².